The number of methoxy groups -OCH3 is 1. The van der Waals surface area contributed by atoms with Crippen molar-refractivity contribution < 1.29 is 4.74 Å². The molecule has 0 saturated carbocycles. The fraction of sp³-hybridized carbons (Fsp3) is 0.214. The van der Waals surface area contributed by atoms with Gasteiger partial charge in [0.15, 0.2) is 0 Å². The van der Waals surface area contributed by atoms with E-state index in [2.05, 4.69) is 21.2 Å². The maximum Gasteiger partial charge on any atom is 0.128 e. The van der Waals surface area contributed by atoms with E-state index in [9.17, 15) is 0 Å². The Morgan fingerprint density at radius 2 is 2.17 bits per heavy atom. The molecule has 1 aromatic carbocycles. The molecular formula is C14H13N3O. The number of aromatic amines is 2. The zero-order chi connectivity index (χ0) is 12.1. The average Bonchev–Trinajstić information content (AvgIpc) is 3.01. The molecule has 1 aliphatic carbocycles. The summed E-state index contributed by atoms with van der Waals surface area (Å²) in [6, 6.07) is 6.11. The highest BCUT2D eigenvalue weighted by atomic mass is 16.5. The van der Waals surface area contributed by atoms with Gasteiger partial charge >= 0.3 is 0 Å². The summed E-state index contributed by atoms with van der Waals surface area (Å²) in [5.41, 5.74) is 6.02. The molecule has 2 aromatic heterocycles. The van der Waals surface area contributed by atoms with E-state index in [4.69, 9.17) is 4.74 Å². The van der Waals surface area contributed by atoms with Crippen molar-refractivity contribution in [2.24, 2.45) is 0 Å². The Bertz CT molecular complexity index is 739. The largest absolute Gasteiger partial charge is 0.496 e. The normalized spacial score (nSPS) is 13.4. The van der Waals surface area contributed by atoms with Crippen molar-refractivity contribution in [2.75, 3.05) is 7.11 Å². The molecule has 0 atom stereocenters. The summed E-state index contributed by atoms with van der Waals surface area (Å²) in [6.07, 6.45) is 3.98. The van der Waals surface area contributed by atoms with Crippen molar-refractivity contribution in [1.29, 1.82) is 0 Å². The molecule has 4 nitrogen and oxygen atoms in total. The van der Waals surface area contributed by atoms with Crippen molar-refractivity contribution in [1.82, 2.24) is 15.2 Å². The monoisotopic (exact) mass is 239 g/mol. The Morgan fingerprint density at radius 3 is 3.06 bits per heavy atom. The quantitative estimate of drug-likeness (QED) is 0.686. The molecule has 2 N–H and O–H groups in total. The van der Waals surface area contributed by atoms with E-state index >= 15 is 0 Å². The molecule has 4 heteroatoms. The molecule has 1 aliphatic rings. The number of fused-ring (bicyclic) bond motifs is 5. The summed E-state index contributed by atoms with van der Waals surface area (Å²) < 4.78 is 5.48. The molecule has 18 heavy (non-hydrogen) atoms. The fourth-order valence-electron chi connectivity index (χ4n) is 2.89. The first-order chi connectivity index (χ1) is 8.88. The predicted molar refractivity (Wildman–Crippen MR) is 69.8 cm³/mol. The van der Waals surface area contributed by atoms with Crippen LogP contribution in [0.2, 0.25) is 0 Å². The van der Waals surface area contributed by atoms with E-state index in [0.29, 0.717) is 0 Å². The summed E-state index contributed by atoms with van der Waals surface area (Å²) in [4.78, 5) is 3.48. The van der Waals surface area contributed by atoms with Gasteiger partial charge < -0.3 is 9.72 Å². The lowest BCUT2D eigenvalue weighted by Crippen LogP contribution is -2.01. The van der Waals surface area contributed by atoms with Gasteiger partial charge in [-0.15, -0.1) is 0 Å². The van der Waals surface area contributed by atoms with Crippen LogP contribution < -0.4 is 4.74 Å². The minimum atomic E-state index is 0.938. The summed E-state index contributed by atoms with van der Waals surface area (Å²) in [5.74, 6) is 0.938. The highest BCUT2D eigenvalue weighted by Gasteiger charge is 2.23. The highest BCUT2D eigenvalue weighted by molar-refractivity contribution is 5.95. The van der Waals surface area contributed by atoms with Crippen LogP contribution in [-0.4, -0.2) is 22.3 Å². The second-order valence-corrected chi connectivity index (χ2v) is 4.63. The second-order valence-electron chi connectivity index (χ2n) is 4.63. The molecule has 0 saturated heterocycles. The Balaban J connectivity index is 2.10. The van der Waals surface area contributed by atoms with Crippen LogP contribution in [0.3, 0.4) is 0 Å². The van der Waals surface area contributed by atoms with Crippen molar-refractivity contribution in [2.45, 2.75) is 12.8 Å². The van der Waals surface area contributed by atoms with Crippen LogP contribution in [-0.2, 0) is 12.8 Å². The van der Waals surface area contributed by atoms with Gasteiger partial charge in [0.2, 0.25) is 0 Å². The number of hydrogen-bond acceptors (Lipinski definition) is 2. The number of aryl methyl sites for hydroxylation is 2. The molecular weight excluding hydrogens is 226 g/mol. The third kappa shape index (κ3) is 1.12. The minimum Gasteiger partial charge on any atom is -0.496 e. The molecule has 0 amide bonds. The van der Waals surface area contributed by atoms with E-state index in [-0.39, 0.29) is 0 Å². The lowest BCUT2D eigenvalue weighted by molar-refractivity contribution is 0.419. The number of benzene rings is 1. The van der Waals surface area contributed by atoms with Gasteiger partial charge in [0.25, 0.3) is 0 Å². The Labute approximate surface area is 104 Å². The van der Waals surface area contributed by atoms with Gasteiger partial charge in [-0.25, -0.2) is 0 Å². The van der Waals surface area contributed by atoms with Gasteiger partial charge in [-0.2, -0.15) is 5.10 Å². The third-order valence-electron chi connectivity index (χ3n) is 3.72. The van der Waals surface area contributed by atoms with Crippen LogP contribution in [0.4, 0.5) is 0 Å². The van der Waals surface area contributed by atoms with Gasteiger partial charge in [-0.1, -0.05) is 6.07 Å². The molecule has 0 bridgehead atoms. The van der Waals surface area contributed by atoms with E-state index in [1.807, 2.05) is 18.3 Å². The van der Waals surface area contributed by atoms with E-state index in [0.717, 1.165) is 35.5 Å². The van der Waals surface area contributed by atoms with Crippen LogP contribution in [0.5, 0.6) is 5.75 Å². The number of ether oxygens (including phenoxy) is 1. The maximum absolute atomic E-state index is 5.48. The predicted octanol–water partition coefficient (Wildman–Crippen LogP) is 2.67. The maximum atomic E-state index is 5.48. The average molecular weight is 239 g/mol. The van der Waals surface area contributed by atoms with Crippen LogP contribution in [0.25, 0.3) is 22.3 Å². The number of hydrogen-bond donors (Lipinski definition) is 2. The number of rotatable bonds is 1. The summed E-state index contributed by atoms with van der Waals surface area (Å²) in [7, 11) is 1.72. The van der Waals surface area contributed by atoms with Gasteiger partial charge in [0, 0.05) is 10.9 Å². The standard InChI is InChI=1S/C14H13N3O/c1-18-11-4-2-3-10-12(11)9-6-5-8-7-15-17-13(8)14(9)16-10/h2-4,7,16H,5-6H2,1H3,(H,15,17). The minimum absolute atomic E-state index is 0.938. The molecule has 0 unspecified atom stereocenters. The lowest BCUT2D eigenvalue weighted by atomic mass is 9.94. The number of aromatic nitrogens is 3. The van der Waals surface area contributed by atoms with Gasteiger partial charge in [-0.3, -0.25) is 5.10 Å². The molecule has 0 fully saturated rings. The molecule has 4 rings (SSSR count). The smallest absolute Gasteiger partial charge is 0.128 e. The zero-order valence-electron chi connectivity index (χ0n) is 10.1. The molecule has 2 heterocycles. The van der Waals surface area contributed by atoms with E-state index in [1.54, 1.807) is 7.11 Å². The van der Waals surface area contributed by atoms with Crippen molar-refractivity contribution in [3.63, 3.8) is 0 Å². The first kappa shape index (κ1) is 9.76. The number of nitrogens with zero attached hydrogens (tertiary/aromatic N) is 1. The van der Waals surface area contributed by atoms with Crippen LogP contribution >= 0.6 is 0 Å². The Hall–Kier alpha value is -2.23. The Morgan fingerprint density at radius 1 is 1.22 bits per heavy atom. The van der Waals surface area contributed by atoms with Crippen molar-refractivity contribution in [3.8, 4) is 17.1 Å². The first-order valence-electron chi connectivity index (χ1n) is 6.08. The molecule has 0 spiro atoms. The second kappa shape index (κ2) is 3.38. The van der Waals surface area contributed by atoms with Crippen LogP contribution in [0, 0.1) is 0 Å². The van der Waals surface area contributed by atoms with Crippen LogP contribution in [0.15, 0.2) is 24.4 Å². The van der Waals surface area contributed by atoms with Gasteiger partial charge in [-0.05, 0) is 36.1 Å². The molecule has 0 radical (unpaired) electrons. The number of H-pyrrole nitrogens is 2. The molecule has 90 valence electrons. The zero-order valence-corrected chi connectivity index (χ0v) is 10.1. The lowest BCUT2D eigenvalue weighted by Gasteiger charge is -2.12. The van der Waals surface area contributed by atoms with E-state index in [1.165, 1.54) is 16.5 Å². The summed E-state index contributed by atoms with van der Waals surface area (Å²) >= 11 is 0. The topological polar surface area (TPSA) is 53.7 Å². The molecule has 3 aromatic rings. The van der Waals surface area contributed by atoms with Crippen molar-refractivity contribution in [3.05, 3.63) is 35.5 Å². The van der Waals surface area contributed by atoms with Gasteiger partial charge in [0.1, 0.15) is 5.75 Å². The summed E-state index contributed by atoms with van der Waals surface area (Å²) in [6.45, 7) is 0. The van der Waals surface area contributed by atoms with Crippen LogP contribution in [0.1, 0.15) is 11.1 Å². The number of nitrogens with one attached hydrogen (secondary N) is 2. The van der Waals surface area contributed by atoms with Crippen molar-refractivity contribution >= 4 is 10.9 Å². The highest BCUT2D eigenvalue weighted by Crippen LogP contribution is 2.39. The van der Waals surface area contributed by atoms with E-state index < -0.39 is 0 Å². The first-order valence-corrected chi connectivity index (χ1v) is 6.08. The summed E-state index contributed by atoms with van der Waals surface area (Å²) in [5, 5.41) is 8.43. The van der Waals surface area contributed by atoms with Gasteiger partial charge in [0.05, 0.1) is 24.7 Å². The third-order valence-corrected chi connectivity index (χ3v) is 3.72. The fourth-order valence-corrected chi connectivity index (χ4v) is 2.89. The Kier molecular flexibility index (Phi) is 1.84. The SMILES string of the molecule is COc1cccc2[nH]c3c(c12)CCc1cn[nH]c1-3. The molecule has 0 aliphatic heterocycles.